The molecule has 1 saturated heterocycles. The van der Waals surface area contributed by atoms with E-state index in [2.05, 4.69) is 5.32 Å². The molecule has 0 saturated carbocycles. The first-order valence-electron chi connectivity index (χ1n) is 10.9. The average Bonchev–Trinajstić information content (AvgIpc) is 2.84. The van der Waals surface area contributed by atoms with Crippen molar-refractivity contribution in [2.45, 2.75) is 6.61 Å². The van der Waals surface area contributed by atoms with Crippen molar-refractivity contribution >= 4 is 17.5 Å². The maximum atomic E-state index is 13.9. The van der Waals surface area contributed by atoms with Crippen molar-refractivity contribution in [2.24, 2.45) is 0 Å². The van der Waals surface area contributed by atoms with Gasteiger partial charge in [-0.15, -0.1) is 0 Å². The van der Waals surface area contributed by atoms with Crippen LogP contribution in [0.5, 0.6) is 5.75 Å². The van der Waals surface area contributed by atoms with E-state index in [1.54, 1.807) is 17.0 Å². The van der Waals surface area contributed by atoms with Crippen LogP contribution in [-0.4, -0.2) is 54.3 Å². The Bertz CT molecular complexity index is 1080. The summed E-state index contributed by atoms with van der Waals surface area (Å²) in [5, 5.41) is 2.89. The number of piperazine rings is 1. The normalized spacial score (nSPS) is 14.0. The summed E-state index contributed by atoms with van der Waals surface area (Å²) in [4.78, 5) is 28.6. The van der Waals surface area contributed by atoms with Gasteiger partial charge in [0.05, 0.1) is 12.1 Å². The first kappa shape index (κ1) is 22.5. The van der Waals surface area contributed by atoms with E-state index in [0.717, 1.165) is 11.3 Å². The van der Waals surface area contributed by atoms with Gasteiger partial charge in [-0.3, -0.25) is 14.5 Å². The largest absolute Gasteiger partial charge is 0.489 e. The second kappa shape index (κ2) is 10.7. The van der Waals surface area contributed by atoms with Gasteiger partial charge in [0, 0.05) is 31.9 Å². The zero-order valence-corrected chi connectivity index (χ0v) is 18.2. The van der Waals surface area contributed by atoms with Crippen LogP contribution in [0.4, 0.5) is 10.1 Å². The molecule has 1 heterocycles. The van der Waals surface area contributed by atoms with E-state index in [-0.39, 0.29) is 23.9 Å². The lowest BCUT2D eigenvalue weighted by Gasteiger charge is -2.34. The van der Waals surface area contributed by atoms with E-state index >= 15 is 0 Å². The van der Waals surface area contributed by atoms with Crippen LogP contribution in [-0.2, 0) is 11.4 Å². The maximum absolute atomic E-state index is 13.9. The van der Waals surface area contributed by atoms with Gasteiger partial charge < -0.3 is 15.0 Å². The van der Waals surface area contributed by atoms with Crippen molar-refractivity contribution in [3.05, 3.63) is 95.8 Å². The first-order valence-corrected chi connectivity index (χ1v) is 10.9. The number of rotatable bonds is 7. The minimum atomic E-state index is -0.513. The van der Waals surface area contributed by atoms with Gasteiger partial charge in [0.2, 0.25) is 5.91 Å². The summed E-state index contributed by atoms with van der Waals surface area (Å²) < 4.78 is 19.6. The van der Waals surface area contributed by atoms with Gasteiger partial charge in [0.25, 0.3) is 5.91 Å². The van der Waals surface area contributed by atoms with E-state index in [9.17, 15) is 14.0 Å². The third kappa shape index (κ3) is 6.17. The lowest BCUT2D eigenvalue weighted by atomic mass is 10.1. The van der Waals surface area contributed by atoms with E-state index in [1.165, 1.54) is 12.1 Å². The molecule has 1 aliphatic heterocycles. The molecular formula is C26H26FN3O3. The highest BCUT2D eigenvalue weighted by molar-refractivity contribution is 5.94. The molecule has 3 aromatic carbocycles. The first-order chi connectivity index (χ1) is 16.1. The van der Waals surface area contributed by atoms with Crippen molar-refractivity contribution in [1.29, 1.82) is 0 Å². The SMILES string of the molecule is O=C(CN1CCN(C(=O)c2ccccc2F)CC1)Nc1ccc(OCc2ccccc2)cc1. The van der Waals surface area contributed by atoms with Gasteiger partial charge in [-0.25, -0.2) is 4.39 Å². The quantitative estimate of drug-likeness (QED) is 0.599. The number of benzene rings is 3. The number of carbonyl (C=O) groups is 2. The maximum Gasteiger partial charge on any atom is 0.256 e. The number of ether oxygens (including phenoxy) is 1. The Kier molecular flexibility index (Phi) is 7.32. The highest BCUT2D eigenvalue weighted by Gasteiger charge is 2.24. The summed E-state index contributed by atoms with van der Waals surface area (Å²) in [6, 6.07) is 23.2. The fourth-order valence-electron chi connectivity index (χ4n) is 3.69. The molecule has 0 atom stereocenters. The lowest BCUT2D eigenvalue weighted by Crippen LogP contribution is -2.50. The highest BCUT2D eigenvalue weighted by Crippen LogP contribution is 2.17. The molecule has 0 aromatic heterocycles. The molecule has 0 bridgehead atoms. The zero-order valence-electron chi connectivity index (χ0n) is 18.2. The lowest BCUT2D eigenvalue weighted by molar-refractivity contribution is -0.117. The third-order valence-electron chi connectivity index (χ3n) is 5.52. The standard InChI is InChI=1S/C26H26FN3O3/c27-24-9-5-4-8-23(24)26(32)30-16-14-29(15-17-30)18-25(31)28-21-10-12-22(13-11-21)33-19-20-6-2-1-3-7-20/h1-13H,14-19H2,(H,28,31). The fraction of sp³-hybridized carbons (Fsp3) is 0.231. The Balaban J connectivity index is 1.21. The Labute approximate surface area is 192 Å². The smallest absolute Gasteiger partial charge is 0.256 e. The van der Waals surface area contributed by atoms with Crippen LogP contribution in [0.2, 0.25) is 0 Å². The molecule has 0 spiro atoms. The molecule has 3 aromatic rings. The van der Waals surface area contributed by atoms with Crippen LogP contribution >= 0.6 is 0 Å². The molecule has 170 valence electrons. The van der Waals surface area contributed by atoms with Crippen molar-refractivity contribution in [3.8, 4) is 5.75 Å². The number of hydrogen-bond acceptors (Lipinski definition) is 4. The molecule has 0 radical (unpaired) electrons. The number of carbonyl (C=O) groups excluding carboxylic acids is 2. The number of nitrogens with zero attached hydrogens (tertiary/aromatic N) is 2. The van der Waals surface area contributed by atoms with Crippen LogP contribution in [0.1, 0.15) is 15.9 Å². The molecule has 1 N–H and O–H groups in total. The summed E-state index contributed by atoms with van der Waals surface area (Å²) in [5.74, 6) is -0.220. The Morgan fingerprint density at radius 3 is 2.21 bits per heavy atom. The van der Waals surface area contributed by atoms with Gasteiger partial charge in [-0.2, -0.15) is 0 Å². The third-order valence-corrected chi connectivity index (χ3v) is 5.52. The Hall–Kier alpha value is -3.71. The van der Waals surface area contributed by atoms with Crippen molar-refractivity contribution in [2.75, 3.05) is 38.0 Å². The summed E-state index contributed by atoms with van der Waals surface area (Å²) in [7, 11) is 0. The molecule has 0 aliphatic carbocycles. The molecule has 0 unspecified atom stereocenters. The van der Waals surface area contributed by atoms with E-state index in [4.69, 9.17) is 4.74 Å². The van der Waals surface area contributed by atoms with Gasteiger partial charge in [-0.1, -0.05) is 42.5 Å². The van der Waals surface area contributed by atoms with E-state index in [1.807, 2.05) is 59.5 Å². The number of nitrogens with one attached hydrogen (secondary N) is 1. The van der Waals surface area contributed by atoms with Crippen LogP contribution in [0.15, 0.2) is 78.9 Å². The van der Waals surface area contributed by atoms with Crippen LogP contribution in [0, 0.1) is 5.82 Å². The zero-order chi connectivity index (χ0) is 23.0. The molecular weight excluding hydrogens is 421 g/mol. The summed E-state index contributed by atoms with van der Waals surface area (Å²) in [5.41, 5.74) is 1.87. The molecule has 2 amide bonds. The predicted molar refractivity (Wildman–Crippen MR) is 125 cm³/mol. The summed E-state index contributed by atoms with van der Waals surface area (Å²) in [6.45, 7) is 2.73. The minimum Gasteiger partial charge on any atom is -0.489 e. The van der Waals surface area contributed by atoms with Crippen LogP contribution in [0.3, 0.4) is 0 Å². The van der Waals surface area contributed by atoms with Gasteiger partial charge >= 0.3 is 0 Å². The molecule has 6 nitrogen and oxygen atoms in total. The van der Waals surface area contributed by atoms with Crippen molar-refractivity contribution in [1.82, 2.24) is 9.80 Å². The Morgan fingerprint density at radius 1 is 0.848 bits per heavy atom. The number of hydrogen-bond donors (Lipinski definition) is 1. The monoisotopic (exact) mass is 447 g/mol. The topological polar surface area (TPSA) is 61.9 Å². The molecule has 4 rings (SSSR count). The second-order valence-electron chi connectivity index (χ2n) is 7.90. The predicted octanol–water partition coefficient (Wildman–Crippen LogP) is 3.80. The van der Waals surface area contributed by atoms with Crippen LogP contribution in [0.25, 0.3) is 0 Å². The minimum absolute atomic E-state index is 0.0832. The number of anilines is 1. The van der Waals surface area contributed by atoms with Gasteiger partial charge in [0.1, 0.15) is 18.2 Å². The van der Waals surface area contributed by atoms with Crippen LogP contribution < -0.4 is 10.1 Å². The van der Waals surface area contributed by atoms with Crippen molar-refractivity contribution in [3.63, 3.8) is 0 Å². The Morgan fingerprint density at radius 2 is 1.52 bits per heavy atom. The second-order valence-corrected chi connectivity index (χ2v) is 7.90. The number of amides is 2. The molecule has 1 fully saturated rings. The molecule has 7 heteroatoms. The fourth-order valence-corrected chi connectivity index (χ4v) is 3.69. The summed E-state index contributed by atoms with van der Waals surface area (Å²) >= 11 is 0. The number of halogens is 1. The molecule has 1 aliphatic rings. The van der Waals surface area contributed by atoms with E-state index < -0.39 is 5.82 Å². The average molecular weight is 448 g/mol. The van der Waals surface area contributed by atoms with E-state index in [0.29, 0.717) is 38.5 Å². The van der Waals surface area contributed by atoms with Crippen molar-refractivity contribution < 1.29 is 18.7 Å². The van der Waals surface area contributed by atoms with Gasteiger partial charge in [0.15, 0.2) is 0 Å². The molecule has 33 heavy (non-hydrogen) atoms. The van der Waals surface area contributed by atoms with Gasteiger partial charge in [-0.05, 0) is 42.0 Å². The highest BCUT2D eigenvalue weighted by atomic mass is 19.1. The summed E-state index contributed by atoms with van der Waals surface area (Å²) in [6.07, 6.45) is 0.